The van der Waals surface area contributed by atoms with Crippen LogP contribution in [-0.4, -0.2) is 73.4 Å². The normalized spacial score (nSPS) is 36.3. The van der Waals surface area contributed by atoms with Gasteiger partial charge in [-0.25, -0.2) is 0 Å². The largest absolute Gasteiger partial charge is 0.396 e. The summed E-state index contributed by atoms with van der Waals surface area (Å²) in [4.78, 5) is 2.36. The summed E-state index contributed by atoms with van der Waals surface area (Å²) in [7, 11) is 2.16. The van der Waals surface area contributed by atoms with E-state index in [1.54, 1.807) is 0 Å². The van der Waals surface area contributed by atoms with Gasteiger partial charge < -0.3 is 24.6 Å². The zero-order valence-corrected chi connectivity index (χ0v) is 18.8. The maximum Gasteiger partial charge on any atom is 0.112 e. The molecule has 0 bridgehead atoms. The van der Waals surface area contributed by atoms with Crippen LogP contribution in [0.5, 0.6) is 0 Å². The Kier molecular flexibility index (Phi) is 10.8. The Morgan fingerprint density at radius 2 is 1.56 bits per heavy atom. The SMILES string of the molecule is CCC.CN1C[C@H](CO)C[C@@H](CC(C)(C)C)C1.C[C@H]1CO[C@H]2[C@@H]1OC[C@H]2O. The van der Waals surface area contributed by atoms with Crippen LogP contribution in [0.15, 0.2) is 0 Å². The molecule has 5 nitrogen and oxygen atoms in total. The van der Waals surface area contributed by atoms with Crippen LogP contribution in [0.25, 0.3) is 0 Å². The number of fused-ring (bicyclic) bond motifs is 1. The minimum absolute atomic E-state index is 0.0463. The van der Waals surface area contributed by atoms with Gasteiger partial charge in [-0.2, -0.15) is 0 Å². The summed E-state index contributed by atoms with van der Waals surface area (Å²) in [5.41, 5.74) is 0.419. The summed E-state index contributed by atoms with van der Waals surface area (Å²) in [6.07, 6.45) is 3.44. The number of likely N-dealkylation sites (tertiary alicyclic amines) is 1. The molecule has 0 saturated carbocycles. The third-order valence-electron chi connectivity index (χ3n) is 5.24. The molecular weight excluding hydrogens is 342 g/mol. The molecule has 6 atom stereocenters. The molecule has 0 unspecified atom stereocenters. The van der Waals surface area contributed by atoms with E-state index in [4.69, 9.17) is 9.47 Å². The molecular formula is C22H45NO4. The van der Waals surface area contributed by atoms with Crippen LogP contribution in [0.4, 0.5) is 0 Å². The molecule has 2 N–H and O–H groups in total. The molecule has 3 fully saturated rings. The maximum absolute atomic E-state index is 9.27. The molecule has 3 aliphatic heterocycles. The summed E-state index contributed by atoms with van der Waals surface area (Å²) >= 11 is 0. The molecule has 0 aromatic rings. The van der Waals surface area contributed by atoms with Gasteiger partial charge >= 0.3 is 0 Å². The predicted octanol–water partition coefficient (Wildman–Crippen LogP) is 3.18. The first-order valence-corrected chi connectivity index (χ1v) is 10.8. The van der Waals surface area contributed by atoms with Crippen molar-refractivity contribution in [2.75, 3.05) is 40.0 Å². The highest BCUT2D eigenvalue weighted by atomic mass is 16.6. The molecule has 0 radical (unpaired) electrons. The Bertz CT molecular complexity index is 382. The van der Waals surface area contributed by atoms with Gasteiger partial charge in [0.25, 0.3) is 0 Å². The lowest BCUT2D eigenvalue weighted by Gasteiger charge is -2.37. The standard InChI is InChI=1S/C12H25NO.C7H12O3.C3H8/c1-12(2,3)6-10-5-11(9-14)8-13(4)7-10;1-4-2-9-7-5(8)3-10-6(4)7;1-3-2/h10-11,14H,5-9H2,1-4H3;4-8H,2-3H2,1H3;3H2,1-2H3/t10-,11+;4-,5+,6+,7+;/m00./s1. The maximum atomic E-state index is 9.27. The predicted molar refractivity (Wildman–Crippen MR) is 111 cm³/mol. The Morgan fingerprint density at radius 3 is 2.07 bits per heavy atom. The van der Waals surface area contributed by atoms with Crippen LogP contribution in [0.1, 0.15) is 60.8 Å². The molecule has 5 heteroatoms. The Labute approximate surface area is 167 Å². The van der Waals surface area contributed by atoms with E-state index in [9.17, 15) is 10.2 Å². The molecule has 3 aliphatic rings. The van der Waals surface area contributed by atoms with Crippen molar-refractivity contribution in [3.05, 3.63) is 0 Å². The summed E-state index contributed by atoms with van der Waals surface area (Å²) in [6, 6.07) is 0. The topological polar surface area (TPSA) is 62.2 Å². The van der Waals surface area contributed by atoms with Gasteiger partial charge in [0.1, 0.15) is 12.2 Å². The fourth-order valence-electron chi connectivity index (χ4n) is 4.39. The summed E-state index contributed by atoms with van der Waals surface area (Å²) < 4.78 is 10.7. The van der Waals surface area contributed by atoms with E-state index in [0.29, 0.717) is 30.5 Å². The minimum Gasteiger partial charge on any atom is -0.396 e. The molecule has 0 spiro atoms. The van der Waals surface area contributed by atoms with E-state index in [-0.39, 0.29) is 12.2 Å². The van der Waals surface area contributed by atoms with Gasteiger partial charge in [0.2, 0.25) is 0 Å². The van der Waals surface area contributed by atoms with Crippen LogP contribution in [0.2, 0.25) is 0 Å². The zero-order valence-electron chi connectivity index (χ0n) is 18.8. The first-order valence-electron chi connectivity index (χ1n) is 10.8. The fourth-order valence-corrected chi connectivity index (χ4v) is 4.39. The smallest absolute Gasteiger partial charge is 0.112 e. The van der Waals surface area contributed by atoms with Gasteiger partial charge in [-0.3, -0.25) is 0 Å². The molecule has 0 aromatic carbocycles. The summed E-state index contributed by atoms with van der Waals surface area (Å²) in [6.45, 7) is 17.0. The molecule has 0 aromatic heterocycles. The second kappa shape index (κ2) is 11.7. The van der Waals surface area contributed by atoms with Crippen LogP contribution in [-0.2, 0) is 9.47 Å². The van der Waals surface area contributed by atoms with Crippen LogP contribution in [0.3, 0.4) is 0 Å². The van der Waals surface area contributed by atoms with E-state index < -0.39 is 6.10 Å². The number of hydrogen-bond acceptors (Lipinski definition) is 5. The van der Waals surface area contributed by atoms with Gasteiger partial charge in [0, 0.05) is 25.6 Å². The van der Waals surface area contributed by atoms with Crippen molar-refractivity contribution in [2.24, 2.45) is 23.2 Å². The molecule has 3 saturated heterocycles. The van der Waals surface area contributed by atoms with Crippen molar-refractivity contribution in [3.8, 4) is 0 Å². The highest BCUT2D eigenvalue weighted by molar-refractivity contribution is 4.92. The van der Waals surface area contributed by atoms with E-state index in [2.05, 4.69) is 53.5 Å². The van der Waals surface area contributed by atoms with E-state index >= 15 is 0 Å². The lowest BCUT2D eigenvalue weighted by atomic mass is 9.78. The van der Waals surface area contributed by atoms with Crippen molar-refractivity contribution in [2.45, 2.75) is 79.1 Å². The monoisotopic (exact) mass is 387 g/mol. The van der Waals surface area contributed by atoms with E-state index in [1.165, 1.54) is 25.8 Å². The third kappa shape index (κ3) is 8.78. The van der Waals surface area contributed by atoms with E-state index in [0.717, 1.165) is 19.1 Å². The molecule has 0 aliphatic carbocycles. The Balaban J connectivity index is 0.000000244. The second-order valence-corrected chi connectivity index (χ2v) is 9.98. The first kappa shape index (κ1) is 24.8. The van der Waals surface area contributed by atoms with Crippen LogP contribution in [0, 0.1) is 23.2 Å². The number of rotatable bonds is 2. The van der Waals surface area contributed by atoms with Gasteiger partial charge in [0.15, 0.2) is 0 Å². The van der Waals surface area contributed by atoms with Crippen molar-refractivity contribution < 1.29 is 19.7 Å². The molecule has 3 heterocycles. The number of hydrogen-bond donors (Lipinski definition) is 2. The van der Waals surface area contributed by atoms with Crippen molar-refractivity contribution in [3.63, 3.8) is 0 Å². The van der Waals surface area contributed by atoms with Crippen LogP contribution < -0.4 is 0 Å². The Morgan fingerprint density at radius 1 is 1.00 bits per heavy atom. The minimum atomic E-state index is -0.394. The number of aliphatic hydroxyl groups excluding tert-OH is 2. The van der Waals surface area contributed by atoms with Crippen molar-refractivity contribution in [1.82, 2.24) is 4.90 Å². The number of aliphatic hydroxyl groups is 2. The zero-order chi connectivity index (χ0) is 20.6. The highest BCUT2D eigenvalue weighted by Crippen LogP contribution is 2.32. The lowest BCUT2D eigenvalue weighted by Crippen LogP contribution is -2.40. The van der Waals surface area contributed by atoms with E-state index in [1.807, 2.05) is 0 Å². The number of ether oxygens (including phenoxy) is 2. The van der Waals surface area contributed by atoms with Crippen molar-refractivity contribution in [1.29, 1.82) is 0 Å². The quantitative estimate of drug-likeness (QED) is 0.762. The fraction of sp³-hybridized carbons (Fsp3) is 1.00. The van der Waals surface area contributed by atoms with Gasteiger partial charge in [0.05, 0.1) is 19.3 Å². The first-order chi connectivity index (χ1) is 12.6. The van der Waals surface area contributed by atoms with Gasteiger partial charge in [-0.1, -0.05) is 48.0 Å². The van der Waals surface area contributed by atoms with Crippen molar-refractivity contribution >= 4 is 0 Å². The van der Waals surface area contributed by atoms with Gasteiger partial charge in [-0.15, -0.1) is 0 Å². The molecule has 0 amide bonds. The number of nitrogens with zero attached hydrogens (tertiary/aromatic N) is 1. The molecule has 27 heavy (non-hydrogen) atoms. The Hall–Kier alpha value is -0.200. The van der Waals surface area contributed by atoms with Gasteiger partial charge in [-0.05, 0) is 37.1 Å². The molecule has 162 valence electrons. The third-order valence-corrected chi connectivity index (χ3v) is 5.24. The molecule has 3 rings (SSSR count). The highest BCUT2D eigenvalue weighted by Gasteiger charge is 2.44. The summed E-state index contributed by atoms with van der Waals surface area (Å²) in [5.74, 6) is 1.72. The van der Waals surface area contributed by atoms with Crippen LogP contribution >= 0.6 is 0 Å². The second-order valence-electron chi connectivity index (χ2n) is 9.98. The lowest BCUT2D eigenvalue weighted by molar-refractivity contribution is 0.0173. The summed E-state index contributed by atoms with van der Waals surface area (Å²) in [5, 5.41) is 18.5. The average Bonchev–Trinajstić information content (AvgIpc) is 3.10. The number of piperidine rings is 1. The average molecular weight is 388 g/mol.